The number of carbonyl (C=O) groups excluding carboxylic acids is 1. The van der Waals surface area contributed by atoms with Crippen molar-refractivity contribution in [2.75, 3.05) is 0 Å². The van der Waals surface area contributed by atoms with Gasteiger partial charge in [0.1, 0.15) is 0 Å². The number of urea groups is 1. The third-order valence-corrected chi connectivity index (χ3v) is 8.52. The first-order valence-corrected chi connectivity index (χ1v) is 10.7. The van der Waals surface area contributed by atoms with Crippen molar-refractivity contribution in [2.24, 2.45) is 39.4 Å². The molecule has 4 aliphatic rings. The highest BCUT2D eigenvalue weighted by atomic mass is 16.2. The average molecular weight is 370 g/mol. The Kier molecular flexibility index (Phi) is 4.51. The summed E-state index contributed by atoms with van der Waals surface area (Å²) in [6, 6.07) is -0.595. The predicted octanol–water partition coefficient (Wildman–Crippen LogP) is 5.31. The maximum absolute atomic E-state index is 10.9. The number of rotatable bonds is 2. The Hall–Kier alpha value is -1.58. The Morgan fingerprint density at radius 2 is 2.00 bits per heavy atom. The zero-order valence-corrected chi connectivity index (χ0v) is 17.4. The van der Waals surface area contributed by atoms with Gasteiger partial charge in [-0.3, -0.25) is 0 Å². The molecule has 4 heteroatoms. The zero-order valence-electron chi connectivity index (χ0n) is 17.4. The smallest absolute Gasteiger partial charge is 0.332 e. The van der Waals surface area contributed by atoms with Crippen LogP contribution in [0.5, 0.6) is 0 Å². The number of primary amides is 1. The molecule has 0 bridgehead atoms. The van der Waals surface area contributed by atoms with E-state index in [1.807, 2.05) is 18.1 Å². The number of fused-ring (bicyclic) bond motifs is 4. The van der Waals surface area contributed by atoms with Gasteiger partial charge in [-0.1, -0.05) is 38.0 Å². The molecule has 0 radical (unpaired) electrons. The third-order valence-electron chi connectivity index (χ3n) is 8.52. The number of nitrogens with two attached hydrogens (primary N) is 1. The van der Waals surface area contributed by atoms with Crippen LogP contribution in [0.1, 0.15) is 79.1 Å². The van der Waals surface area contributed by atoms with Crippen molar-refractivity contribution in [3.63, 3.8) is 0 Å². The Morgan fingerprint density at radius 3 is 2.74 bits per heavy atom. The number of nitrogens with one attached hydrogen (secondary N) is 1. The molecule has 1 fully saturated rings. The Morgan fingerprint density at radius 1 is 1.22 bits per heavy atom. The van der Waals surface area contributed by atoms with E-state index < -0.39 is 6.03 Å². The summed E-state index contributed by atoms with van der Waals surface area (Å²) in [5, 5.41) is 4.17. The molecule has 0 aromatic carbocycles. The van der Waals surface area contributed by atoms with Gasteiger partial charge in [-0.25, -0.2) is 10.2 Å². The predicted molar refractivity (Wildman–Crippen MR) is 110 cm³/mol. The first kappa shape index (κ1) is 18.8. The zero-order chi connectivity index (χ0) is 19.4. The molecule has 0 aromatic heterocycles. The minimum atomic E-state index is -0.595. The molecule has 0 aliphatic heterocycles. The highest BCUT2D eigenvalue weighted by Crippen LogP contribution is 2.63. The van der Waals surface area contributed by atoms with Crippen molar-refractivity contribution in [2.45, 2.75) is 79.1 Å². The lowest BCUT2D eigenvalue weighted by atomic mass is 9.49. The highest BCUT2D eigenvalue weighted by molar-refractivity contribution is 5.98. The summed E-state index contributed by atoms with van der Waals surface area (Å²) in [5.41, 5.74) is 14.3. The van der Waals surface area contributed by atoms with Gasteiger partial charge in [0.2, 0.25) is 0 Å². The van der Waals surface area contributed by atoms with Gasteiger partial charge in [-0.15, -0.1) is 0 Å². The molecular formula is C23H35N3O. The second-order valence-electron chi connectivity index (χ2n) is 10.2. The van der Waals surface area contributed by atoms with Gasteiger partial charge in [-0.05, 0) is 92.4 Å². The van der Waals surface area contributed by atoms with Crippen LogP contribution in [0, 0.1) is 28.6 Å². The van der Waals surface area contributed by atoms with Crippen LogP contribution in [0.4, 0.5) is 4.79 Å². The summed E-state index contributed by atoms with van der Waals surface area (Å²) in [7, 11) is 0. The van der Waals surface area contributed by atoms with Crippen molar-refractivity contribution in [1.29, 1.82) is 0 Å². The van der Waals surface area contributed by atoms with Crippen LogP contribution in [-0.4, -0.2) is 11.7 Å². The van der Waals surface area contributed by atoms with Crippen molar-refractivity contribution >= 4 is 11.7 Å². The summed E-state index contributed by atoms with van der Waals surface area (Å²) < 4.78 is 0. The minimum Gasteiger partial charge on any atom is -0.350 e. The lowest BCUT2D eigenvalue weighted by Gasteiger charge is -2.55. The second-order valence-corrected chi connectivity index (χ2v) is 10.2. The lowest BCUT2D eigenvalue weighted by molar-refractivity contribution is -0.00481. The summed E-state index contributed by atoms with van der Waals surface area (Å²) >= 11 is 0. The summed E-state index contributed by atoms with van der Waals surface area (Å²) in [5.74, 6) is 2.40. The van der Waals surface area contributed by atoms with E-state index in [2.05, 4.69) is 37.4 Å². The highest BCUT2D eigenvalue weighted by Gasteiger charge is 2.53. The molecule has 0 spiro atoms. The summed E-state index contributed by atoms with van der Waals surface area (Å²) in [6.45, 7) is 9.46. The fourth-order valence-corrected chi connectivity index (χ4v) is 6.86. The number of carbonyl (C=O) groups is 1. The first-order valence-electron chi connectivity index (χ1n) is 10.7. The van der Waals surface area contributed by atoms with Crippen LogP contribution in [0.15, 0.2) is 27.9 Å². The SMILES string of the molecule is C/C(=N\NC(N)=O)C1=CC[C@@]2(C)[C@@H](CC[C@H]3C4=C(CC[C@H]32)C(C)(C)CC4)C1. The van der Waals surface area contributed by atoms with Gasteiger partial charge >= 0.3 is 6.03 Å². The molecule has 4 atom stereocenters. The number of nitrogens with zero attached hydrogens (tertiary/aromatic N) is 1. The number of hydrazone groups is 1. The van der Waals surface area contributed by atoms with Crippen molar-refractivity contribution in [3.8, 4) is 0 Å². The molecule has 3 N–H and O–H groups in total. The summed E-state index contributed by atoms with van der Waals surface area (Å²) in [4.78, 5) is 10.9. The van der Waals surface area contributed by atoms with Crippen LogP contribution in [0.2, 0.25) is 0 Å². The molecule has 0 heterocycles. The summed E-state index contributed by atoms with van der Waals surface area (Å²) in [6.07, 6.45) is 12.7. The van der Waals surface area contributed by atoms with E-state index in [4.69, 9.17) is 5.73 Å². The molecule has 4 rings (SSSR count). The van der Waals surface area contributed by atoms with Crippen molar-refractivity contribution in [3.05, 3.63) is 22.8 Å². The van der Waals surface area contributed by atoms with Crippen LogP contribution >= 0.6 is 0 Å². The molecule has 148 valence electrons. The topological polar surface area (TPSA) is 67.5 Å². The molecule has 0 aromatic rings. The van der Waals surface area contributed by atoms with E-state index >= 15 is 0 Å². The second kappa shape index (κ2) is 6.49. The molecule has 0 unspecified atom stereocenters. The average Bonchev–Trinajstić information content (AvgIpc) is 2.94. The van der Waals surface area contributed by atoms with Crippen molar-refractivity contribution in [1.82, 2.24) is 5.43 Å². The van der Waals surface area contributed by atoms with Gasteiger partial charge in [0.15, 0.2) is 0 Å². The van der Waals surface area contributed by atoms with Crippen LogP contribution in [0.3, 0.4) is 0 Å². The molecule has 1 saturated carbocycles. The quantitative estimate of drug-likeness (QED) is 0.386. The van der Waals surface area contributed by atoms with Crippen LogP contribution < -0.4 is 11.2 Å². The maximum atomic E-state index is 10.9. The Labute approximate surface area is 163 Å². The van der Waals surface area contributed by atoms with Gasteiger partial charge in [0.25, 0.3) is 0 Å². The van der Waals surface area contributed by atoms with E-state index in [1.165, 1.54) is 44.1 Å². The number of hydrogen-bond acceptors (Lipinski definition) is 2. The fourth-order valence-electron chi connectivity index (χ4n) is 6.86. The first-order chi connectivity index (χ1) is 12.7. The molecule has 27 heavy (non-hydrogen) atoms. The van der Waals surface area contributed by atoms with Gasteiger partial charge < -0.3 is 5.73 Å². The van der Waals surface area contributed by atoms with Crippen molar-refractivity contribution < 1.29 is 4.79 Å². The van der Waals surface area contributed by atoms with Crippen LogP contribution in [-0.2, 0) is 0 Å². The largest absolute Gasteiger partial charge is 0.350 e. The van der Waals surface area contributed by atoms with E-state index in [0.717, 1.165) is 36.3 Å². The Balaban J connectivity index is 1.57. The number of allylic oxidation sites excluding steroid dienone is 4. The van der Waals surface area contributed by atoms with Gasteiger partial charge in [0, 0.05) is 0 Å². The molecule has 4 aliphatic carbocycles. The van der Waals surface area contributed by atoms with E-state index in [0.29, 0.717) is 10.8 Å². The molecular weight excluding hydrogens is 334 g/mol. The van der Waals surface area contributed by atoms with Gasteiger partial charge in [0.05, 0.1) is 5.71 Å². The molecule has 4 nitrogen and oxygen atoms in total. The standard InChI is InChI=1S/C23H35N3O/c1-14(25-26-21(24)27)15-9-12-23(4)16(13-15)5-6-17-18-10-11-22(2,3)19(18)7-8-20(17)23/h9,16-17,20H,5-8,10-13H2,1-4H3,(H3,24,26,27)/b25-14+/t16-,17-,20+,23-/m0/s1. The normalized spacial score (nSPS) is 37.9. The number of hydrogen-bond donors (Lipinski definition) is 2. The van der Waals surface area contributed by atoms with E-state index in [-0.39, 0.29) is 0 Å². The fraction of sp³-hybridized carbons (Fsp3) is 0.739. The lowest BCUT2D eigenvalue weighted by Crippen LogP contribution is -2.47. The monoisotopic (exact) mass is 369 g/mol. The van der Waals surface area contributed by atoms with E-state index in [9.17, 15) is 4.79 Å². The third kappa shape index (κ3) is 3.05. The minimum absolute atomic E-state index is 0.412. The Bertz CT molecular complexity index is 745. The molecule has 2 amide bonds. The molecule has 0 saturated heterocycles. The number of amides is 2. The van der Waals surface area contributed by atoms with Crippen LogP contribution in [0.25, 0.3) is 0 Å². The maximum Gasteiger partial charge on any atom is 0.332 e. The van der Waals surface area contributed by atoms with E-state index in [1.54, 1.807) is 0 Å². The van der Waals surface area contributed by atoms with Gasteiger partial charge in [-0.2, -0.15) is 5.10 Å².